The lowest BCUT2D eigenvalue weighted by molar-refractivity contribution is -0.385. The van der Waals surface area contributed by atoms with Crippen LogP contribution in [0.15, 0.2) is 23.1 Å². The van der Waals surface area contributed by atoms with Crippen molar-refractivity contribution in [2.24, 2.45) is 0 Å². The van der Waals surface area contributed by atoms with Gasteiger partial charge in [-0.3, -0.25) is 10.1 Å². The lowest BCUT2D eigenvalue weighted by Gasteiger charge is -2.13. The maximum Gasteiger partial charge on any atom is 0.272 e. The van der Waals surface area contributed by atoms with Crippen molar-refractivity contribution in [1.29, 1.82) is 0 Å². The fraction of sp³-hybridized carbons (Fsp3) is 0.500. The van der Waals surface area contributed by atoms with Gasteiger partial charge < -0.3 is 5.32 Å². The SMILES string of the molecule is CCN[C@H](C)CNS(=O)(=O)c1ccc([N+](=O)[O-])c(C)c1.Cl. The Morgan fingerprint density at radius 2 is 2.00 bits per heavy atom. The van der Waals surface area contributed by atoms with Gasteiger partial charge in [-0.1, -0.05) is 6.92 Å². The highest BCUT2D eigenvalue weighted by Gasteiger charge is 2.18. The van der Waals surface area contributed by atoms with Crippen LogP contribution in [0, 0.1) is 17.0 Å². The van der Waals surface area contributed by atoms with Crippen LogP contribution in [0.25, 0.3) is 0 Å². The summed E-state index contributed by atoms with van der Waals surface area (Å²) in [5.74, 6) is 0. The Bertz CT molecular complexity index is 592. The Hall–Kier alpha value is -1.22. The molecule has 0 amide bonds. The highest BCUT2D eigenvalue weighted by atomic mass is 35.5. The number of nitrogens with one attached hydrogen (secondary N) is 2. The van der Waals surface area contributed by atoms with Crippen molar-refractivity contribution in [3.63, 3.8) is 0 Å². The third-order valence-corrected chi connectivity index (χ3v) is 4.23. The summed E-state index contributed by atoms with van der Waals surface area (Å²) >= 11 is 0. The molecule has 0 saturated carbocycles. The van der Waals surface area contributed by atoms with E-state index in [2.05, 4.69) is 10.0 Å². The van der Waals surface area contributed by atoms with E-state index in [0.29, 0.717) is 5.56 Å². The number of benzene rings is 1. The molecule has 0 aliphatic heterocycles. The van der Waals surface area contributed by atoms with E-state index in [1.165, 1.54) is 25.1 Å². The molecule has 0 spiro atoms. The minimum absolute atomic E-state index is 0. The maximum absolute atomic E-state index is 12.1. The predicted molar refractivity (Wildman–Crippen MR) is 83.4 cm³/mol. The molecule has 0 saturated heterocycles. The zero-order valence-corrected chi connectivity index (χ0v) is 13.8. The van der Waals surface area contributed by atoms with Crippen molar-refractivity contribution < 1.29 is 13.3 Å². The zero-order chi connectivity index (χ0) is 15.3. The van der Waals surface area contributed by atoms with Crippen LogP contribution in [-0.2, 0) is 10.0 Å². The molecule has 21 heavy (non-hydrogen) atoms. The molecular weight excluding hydrogens is 318 g/mol. The topological polar surface area (TPSA) is 101 Å². The molecule has 0 radical (unpaired) electrons. The van der Waals surface area contributed by atoms with Gasteiger partial charge in [0.25, 0.3) is 5.69 Å². The standard InChI is InChI=1S/C12H19N3O4S.ClH/c1-4-13-10(3)8-14-20(18,19)11-5-6-12(15(16)17)9(2)7-11;/h5-7,10,13-14H,4,8H2,1-3H3;1H/t10-;/m1./s1. The molecule has 0 unspecified atom stereocenters. The van der Waals surface area contributed by atoms with Gasteiger partial charge in [0.15, 0.2) is 0 Å². The van der Waals surface area contributed by atoms with Crippen molar-refractivity contribution in [2.75, 3.05) is 13.1 Å². The summed E-state index contributed by atoms with van der Waals surface area (Å²) in [4.78, 5) is 10.2. The van der Waals surface area contributed by atoms with Gasteiger partial charge >= 0.3 is 0 Å². The van der Waals surface area contributed by atoms with Crippen molar-refractivity contribution in [3.05, 3.63) is 33.9 Å². The molecule has 1 aromatic carbocycles. The van der Waals surface area contributed by atoms with Crippen LogP contribution in [0.3, 0.4) is 0 Å². The Morgan fingerprint density at radius 3 is 2.48 bits per heavy atom. The van der Waals surface area contributed by atoms with E-state index >= 15 is 0 Å². The lowest BCUT2D eigenvalue weighted by atomic mass is 10.2. The van der Waals surface area contributed by atoms with Crippen LogP contribution >= 0.6 is 12.4 Å². The average Bonchev–Trinajstić information content (AvgIpc) is 2.36. The summed E-state index contributed by atoms with van der Waals surface area (Å²) in [6.45, 7) is 6.32. The Morgan fingerprint density at radius 1 is 1.38 bits per heavy atom. The number of rotatable bonds is 7. The van der Waals surface area contributed by atoms with Gasteiger partial charge in [-0.05, 0) is 32.5 Å². The van der Waals surface area contributed by atoms with Gasteiger partial charge in [0.2, 0.25) is 10.0 Å². The summed E-state index contributed by atoms with van der Waals surface area (Å²) in [7, 11) is -3.65. The first-order valence-corrected chi connectivity index (χ1v) is 7.74. The number of nitrogens with zero attached hydrogens (tertiary/aromatic N) is 1. The molecule has 9 heteroatoms. The third-order valence-electron chi connectivity index (χ3n) is 2.81. The first-order valence-electron chi connectivity index (χ1n) is 6.26. The summed E-state index contributed by atoms with van der Waals surface area (Å²) in [6, 6.07) is 3.76. The van der Waals surface area contributed by atoms with Crippen LogP contribution in [0.1, 0.15) is 19.4 Å². The van der Waals surface area contributed by atoms with Crippen LogP contribution in [0.4, 0.5) is 5.69 Å². The molecule has 1 rings (SSSR count). The summed E-state index contributed by atoms with van der Waals surface area (Å²) < 4.78 is 26.6. The molecule has 7 nitrogen and oxygen atoms in total. The lowest BCUT2D eigenvalue weighted by Crippen LogP contribution is -2.38. The Labute approximate surface area is 130 Å². The predicted octanol–water partition coefficient (Wildman–Crippen LogP) is 1.60. The minimum atomic E-state index is -3.65. The van der Waals surface area contributed by atoms with Gasteiger partial charge in [0.1, 0.15) is 0 Å². The number of likely N-dealkylation sites (N-methyl/N-ethyl adjacent to an activating group) is 1. The van der Waals surface area contributed by atoms with Crippen molar-refractivity contribution in [3.8, 4) is 0 Å². The first kappa shape index (κ1) is 19.8. The van der Waals surface area contributed by atoms with E-state index in [1.807, 2.05) is 13.8 Å². The molecule has 0 aliphatic rings. The number of sulfonamides is 1. The van der Waals surface area contributed by atoms with Gasteiger partial charge in [0, 0.05) is 24.2 Å². The fourth-order valence-corrected chi connectivity index (χ4v) is 2.95. The van der Waals surface area contributed by atoms with Crippen LogP contribution in [0.5, 0.6) is 0 Å². The maximum atomic E-state index is 12.1. The molecule has 1 aromatic rings. The third kappa shape index (κ3) is 5.58. The smallest absolute Gasteiger partial charge is 0.272 e. The molecular formula is C12H20ClN3O4S. The Kier molecular flexibility index (Phi) is 7.80. The number of hydrogen-bond acceptors (Lipinski definition) is 5. The van der Waals surface area contributed by atoms with Gasteiger partial charge in [0.05, 0.1) is 9.82 Å². The van der Waals surface area contributed by atoms with E-state index < -0.39 is 14.9 Å². The quantitative estimate of drug-likeness (QED) is 0.581. The van der Waals surface area contributed by atoms with Gasteiger partial charge in [-0.25, -0.2) is 13.1 Å². The zero-order valence-electron chi connectivity index (χ0n) is 12.1. The second kappa shape index (κ2) is 8.28. The normalized spacial score (nSPS) is 12.5. The second-order valence-electron chi connectivity index (χ2n) is 4.52. The fourth-order valence-electron chi connectivity index (χ4n) is 1.74. The van der Waals surface area contributed by atoms with Gasteiger partial charge in [-0.15, -0.1) is 12.4 Å². The first-order chi connectivity index (χ1) is 9.27. The summed E-state index contributed by atoms with van der Waals surface area (Å²) in [5, 5.41) is 13.8. The van der Waals surface area contributed by atoms with E-state index in [0.717, 1.165) is 6.54 Å². The Balaban J connectivity index is 0.00000400. The molecule has 2 N–H and O–H groups in total. The van der Waals surface area contributed by atoms with E-state index in [-0.39, 0.29) is 35.6 Å². The van der Waals surface area contributed by atoms with Crippen molar-refractivity contribution >= 4 is 28.1 Å². The molecule has 0 aromatic heterocycles. The number of aryl methyl sites for hydroxylation is 1. The molecule has 1 atom stereocenters. The van der Waals surface area contributed by atoms with Crippen molar-refractivity contribution in [2.45, 2.75) is 31.7 Å². The van der Waals surface area contributed by atoms with Gasteiger partial charge in [-0.2, -0.15) is 0 Å². The highest BCUT2D eigenvalue weighted by molar-refractivity contribution is 7.89. The molecule has 0 aliphatic carbocycles. The largest absolute Gasteiger partial charge is 0.313 e. The van der Waals surface area contributed by atoms with Crippen LogP contribution in [0.2, 0.25) is 0 Å². The molecule has 0 heterocycles. The van der Waals surface area contributed by atoms with E-state index in [1.54, 1.807) is 0 Å². The monoisotopic (exact) mass is 337 g/mol. The minimum Gasteiger partial charge on any atom is -0.313 e. The highest BCUT2D eigenvalue weighted by Crippen LogP contribution is 2.21. The van der Waals surface area contributed by atoms with E-state index in [9.17, 15) is 18.5 Å². The second-order valence-corrected chi connectivity index (χ2v) is 6.28. The molecule has 0 bridgehead atoms. The summed E-state index contributed by atoms with van der Waals surface area (Å²) in [5.41, 5.74) is 0.225. The number of halogens is 1. The average molecular weight is 338 g/mol. The van der Waals surface area contributed by atoms with Crippen LogP contribution in [-0.4, -0.2) is 32.5 Å². The van der Waals surface area contributed by atoms with E-state index in [4.69, 9.17) is 0 Å². The summed E-state index contributed by atoms with van der Waals surface area (Å²) in [6.07, 6.45) is 0. The molecule has 0 fully saturated rings. The number of nitro benzene ring substituents is 1. The van der Waals surface area contributed by atoms with Crippen LogP contribution < -0.4 is 10.0 Å². The van der Waals surface area contributed by atoms with Crippen molar-refractivity contribution in [1.82, 2.24) is 10.0 Å². The number of hydrogen-bond donors (Lipinski definition) is 2. The molecule has 120 valence electrons. The number of nitro groups is 1.